The van der Waals surface area contributed by atoms with Crippen molar-refractivity contribution in [1.82, 2.24) is 10.2 Å². The topological polar surface area (TPSA) is 69.6 Å². The van der Waals surface area contributed by atoms with Crippen LogP contribution in [0.1, 0.15) is 65.2 Å². The summed E-state index contributed by atoms with van der Waals surface area (Å²) in [6.45, 7) is 4.29. The lowest BCUT2D eigenvalue weighted by Gasteiger charge is -2.35. The third kappa shape index (κ3) is 3.33. The van der Waals surface area contributed by atoms with Gasteiger partial charge in [-0.15, -0.1) is 0 Å². The molecule has 120 valence electrons. The molecule has 0 spiro atoms. The summed E-state index contributed by atoms with van der Waals surface area (Å²) >= 11 is 0. The molecule has 1 saturated carbocycles. The fourth-order valence-electron chi connectivity index (χ4n) is 3.84. The lowest BCUT2D eigenvalue weighted by Crippen LogP contribution is -2.56. The Morgan fingerprint density at radius 1 is 1.29 bits per heavy atom. The molecule has 0 bridgehead atoms. The van der Waals surface area contributed by atoms with Crippen molar-refractivity contribution in [2.24, 2.45) is 5.92 Å². The molecule has 2 unspecified atom stereocenters. The van der Waals surface area contributed by atoms with Crippen molar-refractivity contribution in [1.29, 1.82) is 0 Å². The van der Waals surface area contributed by atoms with Crippen LogP contribution in [0, 0.1) is 5.92 Å². The molecule has 0 radical (unpaired) electrons. The number of carbonyl (C=O) groups excluding carboxylic acids is 1. The Hall–Kier alpha value is -1.26. The van der Waals surface area contributed by atoms with Crippen LogP contribution < -0.4 is 5.32 Å². The molecule has 0 aromatic heterocycles. The molecule has 1 heterocycles. The molecule has 2 amide bonds. The largest absolute Gasteiger partial charge is 0.480 e. The van der Waals surface area contributed by atoms with Gasteiger partial charge in [-0.05, 0) is 44.9 Å². The van der Waals surface area contributed by atoms with Crippen molar-refractivity contribution in [3.05, 3.63) is 0 Å². The molecule has 2 N–H and O–H groups in total. The lowest BCUT2D eigenvalue weighted by molar-refractivity contribution is -0.147. The van der Waals surface area contributed by atoms with E-state index < -0.39 is 11.5 Å². The van der Waals surface area contributed by atoms with E-state index in [1.54, 1.807) is 6.92 Å². The van der Waals surface area contributed by atoms with Crippen LogP contribution in [0.2, 0.25) is 0 Å². The highest BCUT2D eigenvalue weighted by Gasteiger charge is 2.46. The predicted octanol–water partition coefficient (Wildman–Crippen LogP) is 2.99. The van der Waals surface area contributed by atoms with Crippen LogP contribution in [-0.4, -0.2) is 40.1 Å². The highest BCUT2D eigenvalue weighted by Crippen LogP contribution is 2.31. The van der Waals surface area contributed by atoms with Crippen LogP contribution in [-0.2, 0) is 4.79 Å². The van der Waals surface area contributed by atoms with Crippen LogP contribution in [0.3, 0.4) is 0 Å². The molecule has 5 nitrogen and oxygen atoms in total. The predicted molar refractivity (Wildman–Crippen MR) is 81.2 cm³/mol. The fourth-order valence-corrected chi connectivity index (χ4v) is 3.84. The van der Waals surface area contributed by atoms with E-state index in [0.29, 0.717) is 18.9 Å². The molecule has 1 aliphatic carbocycles. The number of urea groups is 1. The summed E-state index contributed by atoms with van der Waals surface area (Å²) in [7, 11) is 0. The minimum absolute atomic E-state index is 0.177. The van der Waals surface area contributed by atoms with Crippen LogP contribution in [0.5, 0.6) is 0 Å². The quantitative estimate of drug-likeness (QED) is 0.838. The number of carbonyl (C=O) groups is 2. The molecule has 21 heavy (non-hydrogen) atoms. The van der Waals surface area contributed by atoms with Gasteiger partial charge in [0.15, 0.2) is 0 Å². The molecular weight excluding hydrogens is 268 g/mol. The van der Waals surface area contributed by atoms with Crippen LogP contribution >= 0.6 is 0 Å². The maximum atomic E-state index is 12.5. The van der Waals surface area contributed by atoms with Gasteiger partial charge in [0.2, 0.25) is 0 Å². The van der Waals surface area contributed by atoms with E-state index in [-0.39, 0.29) is 12.1 Å². The maximum absolute atomic E-state index is 12.5. The third-order valence-corrected chi connectivity index (χ3v) is 5.31. The molecule has 5 heteroatoms. The number of hydrogen-bond acceptors (Lipinski definition) is 2. The Morgan fingerprint density at radius 3 is 2.52 bits per heavy atom. The summed E-state index contributed by atoms with van der Waals surface area (Å²) in [4.78, 5) is 25.5. The van der Waals surface area contributed by atoms with E-state index >= 15 is 0 Å². The second kappa shape index (κ2) is 6.67. The van der Waals surface area contributed by atoms with Gasteiger partial charge < -0.3 is 15.3 Å². The van der Waals surface area contributed by atoms with Crippen molar-refractivity contribution in [2.45, 2.75) is 76.8 Å². The van der Waals surface area contributed by atoms with Gasteiger partial charge in [0.1, 0.15) is 5.54 Å². The van der Waals surface area contributed by atoms with Gasteiger partial charge in [-0.25, -0.2) is 9.59 Å². The van der Waals surface area contributed by atoms with Crippen molar-refractivity contribution < 1.29 is 14.7 Å². The summed E-state index contributed by atoms with van der Waals surface area (Å²) in [5.74, 6) is -0.354. The number of hydrogen-bond donors (Lipinski definition) is 2. The Labute approximate surface area is 127 Å². The van der Waals surface area contributed by atoms with Gasteiger partial charge in [-0.3, -0.25) is 0 Å². The molecule has 2 atom stereocenters. The molecule has 2 aliphatic rings. The second-order valence-electron chi connectivity index (χ2n) is 6.70. The molecule has 2 fully saturated rings. The zero-order valence-corrected chi connectivity index (χ0v) is 13.2. The summed E-state index contributed by atoms with van der Waals surface area (Å²) < 4.78 is 0. The highest BCUT2D eigenvalue weighted by molar-refractivity contribution is 5.86. The van der Waals surface area contributed by atoms with Gasteiger partial charge >= 0.3 is 12.0 Å². The molecular formula is C16H28N2O3. The van der Waals surface area contributed by atoms with Crippen LogP contribution in [0.25, 0.3) is 0 Å². The van der Waals surface area contributed by atoms with Crippen LogP contribution in [0.15, 0.2) is 0 Å². The third-order valence-electron chi connectivity index (χ3n) is 5.31. The fraction of sp³-hybridized carbons (Fsp3) is 0.875. The average molecular weight is 296 g/mol. The zero-order chi connectivity index (χ0) is 15.5. The molecule has 2 rings (SSSR count). The first-order chi connectivity index (χ1) is 9.99. The van der Waals surface area contributed by atoms with Crippen molar-refractivity contribution in [3.63, 3.8) is 0 Å². The average Bonchev–Trinajstić information content (AvgIpc) is 2.89. The highest BCUT2D eigenvalue weighted by atomic mass is 16.4. The van der Waals surface area contributed by atoms with Crippen LogP contribution in [0.4, 0.5) is 4.79 Å². The van der Waals surface area contributed by atoms with Crippen molar-refractivity contribution in [2.75, 3.05) is 6.54 Å². The summed E-state index contributed by atoms with van der Waals surface area (Å²) in [5, 5.41) is 12.5. The van der Waals surface area contributed by atoms with E-state index in [1.807, 2.05) is 0 Å². The number of carboxylic acids is 1. The molecule has 1 aliphatic heterocycles. The molecule has 0 aromatic rings. The second-order valence-corrected chi connectivity index (χ2v) is 6.70. The first-order valence-corrected chi connectivity index (χ1v) is 8.30. The van der Waals surface area contributed by atoms with Crippen molar-refractivity contribution in [3.8, 4) is 0 Å². The smallest absolute Gasteiger partial charge is 0.329 e. The van der Waals surface area contributed by atoms with E-state index in [2.05, 4.69) is 12.2 Å². The summed E-state index contributed by atoms with van der Waals surface area (Å²) in [6, 6.07) is -0.0220. The number of amides is 2. The SMILES string of the molecule is CCC(NC(=O)N1CCCC1(C)C(=O)O)C1CCCCC1. The number of likely N-dealkylation sites (tertiary alicyclic amines) is 1. The van der Waals surface area contributed by atoms with Gasteiger partial charge in [0, 0.05) is 12.6 Å². The zero-order valence-electron chi connectivity index (χ0n) is 13.2. The van der Waals surface area contributed by atoms with Gasteiger partial charge in [0.05, 0.1) is 0 Å². The maximum Gasteiger partial charge on any atom is 0.329 e. The van der Waals surface area contributed by atoms with Gasteiger partial charge in [-0.2, -0.15) is 0 Å². The minimum Gasteiger partial charge on any atom is -0.480 e. The summed E-state index contributed by atoms with van der Waals surface area (Å²) in [5.41, 5.74) is -1.05. The van der Waals surface area contributed by atoms with E-state index in [1.165, 1.54) is 37.0 Å². The number of nitrogens with zero attached hydrogens (tertiary/aromatic N) is 1. The van der Waals surface area contributed by atoms with Gasteiger partial charge in [0.25, 0.3) is 0 Å². The number of aliphatic carboxylic acids is 1. The lowest BCUT2D eigenvalue weighted by atomic mass is 9.83. The Balaban J connectivity index is 2.00. The van der Waals surface area contributed by atoms with E-state index in [0.717, 1.165) is 12.8 Å². The van der Waals surface area contributed by atoms with E-state index in [9.17, 15) is 14.7 Å². The molecule has 0 aromatic carbocycles. The Kier molecular flexibility index (Phi) is 5.12. The van der Waals surface area contributed by atoms with Crippen molar-refractivity contribution >= 4 is 12.0 Å². The normalized spacial score (nSPS) is 28.4. The molecule has 1 saturated heterocycles. The number of carboxylic acid groups (broad SMARTS) is 1. The Bertz CT molecular complexity index is 393. The minimum atomic E-state index is -1.05. The number of rotatable bonds is 4. The standard InChI is InChI=1S/C16H28N2O3/c1-3-13(12-8-5-4-6-9-12)17-15(21)18-11-7-10-16(18,2)14(19)20/h12-13H,3-11H2,1-2H3,(H,17,21)(H,19,20). The first kappa shape index (κ1) is 16.1. The number of nitrogens with one attached hydrogen (secondary N) is 1. The summed E-state index contributed by atoms with van der Waals surface area (Å²) in [6.07, 6.45) is 8.34. The van der Waals surface area contributed by atoms with Gasteiger partial charge in [-0.1, -0.05) is 26.2 Å². The first-order valence-electron chi connectivity index (χ1n) is 8.30. The monoisotopic (exact) mass is 296 g/mol. The van der Waals surface area contributed by atoms with E-state index in [4.69, 9.17) is 0 Å². The Morgan fingerprint density at radius 2 is 1.95 bits per heavy atom.